The van der Waals surface area contributed by atoms with E-state index in [0.717, 1.165) is 39.0 Å². The standard InChI is InChI=1S/C14H24N4O/c1-12-4-7-18(8-5-12)14(19)13(10-15)11-16-6-9-17(2)3/h11-12,16H,4-9H2,1-3H3/b13-11-. The molecule has 0 aromatic carbocycles. The van der Waals surface area contributed by atoms with E-state index in [-0.39, 0.29) is 11.5 Å². The molecule has 1 aliphatic heterocycles. The molecule has 1 heterocycles. The largest absolute Gasteiger partial charge is 0.388 e. The average Bonchev–Trinajstić information content (AvgIpc) is 2.39. The number of likely N-dealkylation sites (tertiary alicyclic amines) is 1. The van der Waals surface area contributed by atoms with E-state index in [2.05, 4.69) is 12.2 Å². The molecular weight excluding hydrogens is 240 g/mol. The zero-order valence-corrected chi connectivity index (χ0v) is 12.1. The van der Waals surface area contributed by atoms with E-state index in [1.54, 1.807) is 11.1 Å². The summed E-state index contributed by atoms with van der Waals surface area (Å²) in [5.74, 6) is 0.531. The van der Waals surface area contributed by atoms with E-state index in [9.17, 15) is 4.79 Å². The Morgan fingerprint density at radius 3 is 2.63 bits per heavy atom. The molecule has 0 saturated carbocycles. The van der Waals surface area contributed by atoms with Crippen LogP contribution in [-0.2, 0) is 4.79 Å². The van der Waals surface area contributed by atoms with Crippen molar-refractivity contribution in [1.29, 1.82) is 5.26 Å². The van der Waals surface area contributed by atoms with Crippen LogP contribution in [-0.4, -0.2) is 56.0 Å². The molecule has 1 fully saturated rings. The third-order valence-electron chi connectivity index (χ3n) is 3.37. The van der Waals surface area contributed by atoms with Gasteiger partial charge >= 0.3 is 0 Å². The van der Waals surface area contributed by atoms with Crippen LogP contribution in [0.3, 0.4) is 0 Å². The quantitative estimate of drug-likeness (QED) is 0.453. The molecule has 1 aliphatic rings. The van der Waals surface area contributed by atoms with Crippen LogP contribution in [0.4, 0.5) is 0 Å². The van der Waals surface area contributed by atoms with Gasteiger partial charge in [-0.15, -0.1) is 0 Å². The second-order valence-corrected chi connectivity index (χ2v) is 5.40. The number of carbonyl (C=O) groups is 1. The van der Waals surface area contributed by atoms with E-state index in [0.29, 0.717) is 5.92 Å². The lowest BCUT2D eigenvalue weighted by molar-refractivity contribution is -0.128. The molecule has 0 bridgehead atoms. The number of nitrogens with one attached hydrogen (secondary N) is 1. The van der Waals surface area contributed by atoms with Crippen molar-refractivity contribution in [2.45, 2.75) is 19.8 Å². The SMILES string of the molecule is CC1CCN(C(=O)/C(C#N)=C\NCCN(C)C)CC1. The predicted octanol–water partition coefficient (Wildman–Crippen LogP) is 0.804. The maximum Gasteiger partial charge on any atom is 0.265 e. The van der Waals surface area contributed by atoms with Crippen LogP contribution in [0.25, 0.3) is 0 Å². The first-order valence-corrected chi connectivity index (χ1v) is 6.82. The van der Waals surface area contributed by atoms with Crippen molar-refractivity contribution in [1.82, 2.24) is 15.1 Å². The molecule has 1 rings (SSSR count). The Labute approximate surface area is 115 Å². The van der Waals surface area contributed by atoms with Crippen LogP contribution in [0.15, 0.2) is 11.8 Å². The van der Waals surface area contributed by atoms with Gasteiger partial charge in [-0.3, -0.25) is 4.79 Å². The van der Waals surface area contributed by atoms with Crippen molar-refractivity contribution < 1.29 is 4.79 Å². The minimum atomic E-state index is -0.147. The van der Waals surface area contributed by atoms with Crippen molar-refractivity contribution >= 4 is 5.91 Å². The Morgan fingerprint density at radius 2 is 2.11 bits per heavy atom. The zero-order valence-electron chi connectivity index (χ0n) is 12.1. The summed E-state index contributed by atoms with van der Waals surface area (Å²) in [5, 5.41) is 12.1. The van der Waals surface area contributed by atoms with Crippen molar-refractivity contribution in [3.8, 4) is 6.07 Å². The lowest BCUT2D eigenvalue weighted by Crippen LogP contribution is -2.39. The summed E-state index contributed by atoms with van der Waals surface area (Å²) >= 11 is 0. The fraction of sp³-hybridized carbons (Fsp3) is 0.714. The van der Waals surface area contributed by atoms with Gasteiger partial charge in [-0.2, -0.15) is 5.26 Å². The number of rotatable bonds is 5. The molecule has 1 N–H and O–H groups in total. The van der Waals surface area contributed by atoms with Crippen LogP contribution in [0.1, 0.15) is 19.8 Å². The number of nitrogens with zero attached hydrogens (tertiary/aromatic N) is 3. The van der Waals surface area contributed by atoms with Gasteiger partial charge in [-0.05, 0) is 32.9 Å². The summed E-state index contributed by atoms with van der Waals surface area (Å²) in [4.78, 5) is 16.0. The van der Waals surface area contributed by atoms with Crippen LogP contribution in [0.2, 0.25) is 0 Å². The molecule has 106 valence electrons. The third-order valence-corrected chi connectivity index (χ3v) is 3.37. The Hall–Kier alpha value is -1.54. The summed E-state index contributed by atoms with van der Waals surface area (Å²) < 4.78 is 0. The van der Waals surface area contributed by atoms with Gasteiger partial charge in [-0.1, -0.05) is 6.92 Å². The molecule has 0 aliphatic carbocycles. The van der Waals surface area contributed by atoms with Crippen molar-refractivity contribution in [3.05, 3.63) is 11.8 Å². The lowest BCUT2D eigenvalue weighted by atomic mass is 9.99. The number of piperidine rings is 1. The monoisotopic (exact) mass is 264 g/mol. The van der Waals surface area contributed by atoms with E-state index < -0.39 is 0 Å². The fourth-order valence-electron chi connectivity index (χ4n) is 1.99. The molecule has 1 amide bonds. The Bertz CT molecular complexity index is 362. The summed E-state index contributed by atoms with van der Waals surface area (Å²) in [6, 6.07) is 1.99. The molecular formula is C14H24N4O. The molecule has 0 atom stereocenters. The predicted molar refractivity (Wildman–Crippen MR) is 75.2 cm³/mol. The van der Waals surface area contributed by atoms with Crippen molar-refractivity contribution in [3.63, 3.8) is 0 Å². The fourth-order valence-corrected chi connectivity index (χ4v) is 1.99. The van der Waals surface area contributed by atoms with Gasteiger partial charge in [0.25, 0.3) is 5.91 Å². The molecule has 0 unspecified atom stereocenters. The number of hydrogen-bond donors (Lipinski definition) is 1. The Balaban J connectivity index is 2.47. The number of nitriles is 1. The highest BCUT2D eigenvalue weighted by Crippen LogP contribution is 2.17. The number of likely N-dealkylation sites (N-methyl/N-ethyl adjacent to an activating group) is 1. The lowest BCUT2D eigenvalue weighted by Gasteiger charge is -2.30. The molecule has 1 saturated heterocycles. The Morgan fingerprint density at radius 1 is 1.47 bits per heavy atom. The molecule has 0 aromatic heterocycles. The summed E-state index contributed by atoms with van der Waals surface area (Å²) in [7, 11) is 3.97. The number of carbonyl (C=O) groups excluding carboxylic acids is 1. The minimum absolute atomic E-state index is 0.147. The first kappa shape index (κ1) is 15.5. The normalized spacial score (nSPS) is 17.4. The van der Waals surface area contributed by atoms with Gasteiger partial charge in [0.15, 0.2) is 0 Å². The second kappa shape index (κ2) is 7.80. The minimum Gasteiger partial charge on any atom is -0.388 e. The van der Waals surface area contributed by atoms with E-state index in [4.69, 9.17) is 5.26 Å². The zero-order chi connectivity index (χ0) is 14.3. The average molecular weight is 264 g/mol. The number of hydrogen-bond acceptors (Lipinski definition) is 4. The van der Waals surface area contributed by atoms with Crippen molar-refractivity contribution in [2.24, 2.45) is 5.92 Å². The molecule has 0 aromatic rings. The smallest absolute Gasteiger partial charge is 0.265 e. The summed E-state index contributed by atoms with van der Waals surface area (Å²) in [6.07, 6.45) is 3.60. The molecule has 0 radical (unpaired) electrons. The maximum absolute atomic E-state index is 12.1. The van der Waals surface area contributed by atoms with Gasteiger partial charge in [0.2, 0.25) is 0 Å². The van der Waals surface area contributed by atoms with Crippen LogP contribution in [0, 0.1) is 17.2 Å². The highest BCUT2D eigenvalue weighted by atomic mass is 16.2. The third kappa shape index (κ3) is 5.31. The molecule has 5 heteroatoms. The van der Waals surface area contributed by atoms with Crippen LogP contribution in [0.5, 0.6) is 0 Å². The van der Waals surface area contributed by atoms with Gasteiger partial charge in [0.1, 0.15) is 11.6 Å². The highest BCUT2D eigenvalue weighted by Gasteiger charge is 2.22. The van der Waals surface area contributed by atoms with Gasteiger partial charge < -0.3 is 15.1 Å². The second-order valence-electron chi connectivity index (χ2n) is 5.40. The van der Waals surface area contributed by atoms with E-state index in [1.165, 1.54) is 0 Å². The number of amides is 1. The van der Waals surface area contributed by atoms with E-state index >= 15 is 0 Å². The molecule has 0 spiro atoms. The topological polar surface area (TPSA) is 59.4 Å². The summed E-state index contributed by atoms with van der Waals surface area (Å²) in [6.45, 7) is 5.31. The van der Waals surface area contributed by atoms with Crippen LogP contribution >= 0.6 is 0 Å². The van der Waals surface area contributed by atoms with Crippen molar-refractivity contribution in [2.75, 3.05) is 40.3 Å². The first-order chi connectivity index (χ1) is 9.04. The molecule has 5 nitrogen and oxygen atoms in total. The van der Waals surface area contributed by atoms with Crippen LogP contribution < -0.4 is 5.32 Å². The Kier molecular flexibility index (Phi) is 6.37. The first-order valence-electron chi connectivity index (χ1n) is 6.82. The van der Waals surface area contributed by atoms with Gasteiger partial charge in [0, 0.05) is 32.4 Å². The maximum atomic E-state index is 12.1. The van der Waals surface area contributed by atoms with Gasteiger partial charge in [-0.25, -0.2) is 0 Å². The summed E-state index contributed by atoms with van der Waals surface area (Å²) in [5.41, 5.74) is 0.202. The van der Waals surface area contributed by atoms with Gasteiger partial charge in [0.05, 0.1) is 0 Å². The molecule has 19 heavy (non-hydrogen) atoms. The highest BCUT2D eigenvalue weighted by molar-refractivity contribution is 5.97. The van der Waals surface area contributed by atoms with E-state index in [1.807, 2.05) is 25.1 Å².